The lowest BCUT2D eigenvalue weighted by Crippen LogP contribution is -2.31. The largest absolute Gasteiger partial charge is 0.349 e. The predicted octanol–water partition coefficient (Wildman–Crippen LogP) is 2.26. The standard InChI is InChI=1S/C14H19ClN2O3S/c1-3-17(4-2)21(19,20)11-7-8-13(15)12(9-11)14(18)16-10-5-6-10/h7-10H,3-6H2,1-2H3,(H,16,18). The van der Waals surface area contributed by atoms with Crippen molar-refractivity contribution < 1.29 is 13.2 Å². The Kier molecular flexibility index (Phi) is 4.91. The Morgan fingerprint density at radius 3 is 2.48 bits per heavy atom. The molecule has 1 aliphatic carbocycles. The molecule has 21 heavy (non-hydrogen) atoms. The summed E-state index contributed by atoms with van der Waals surface area (Å²) >= 11 is 6.02. The van der Waals surface area contributed by atoms with E-state index in [4.69, 9.17) is 11.6 Å². The van der Waals surface area contributed by atoms with Crippen molar-refractivity contribution in [1.82, 2.24) is 9.62 Å². The number of halogens is 1. The van der Waals surface area contributed by atoms with Crippen molar-refractivity contribution >= 4 is 27.5 Å². The zero-order valence-electron chi connectivity index (χ0n) is 12.1. The fraction of sp³-hybridized carbons (Fsp3) is 0.500. The Bertz CT molecular complexity index is 638. The van der Waals surface area contributed by atoms with Crippen LogP contribution in [0.2, 0.25) is 5.02 Å². The molecule has 116 valence electrons. The Labute approximate surface area is 130 Å². The summed E-state index contributed by atoms with van der Waals surface area (Å²) in [5, 5.41) is 3.07. The summed E-state index contributed by atoms with van der Waals surface area (Å²) in [5.74, 6) is -0.320. The van der Waals surface area contributed by atoms with Gasteiger partial charge >= 0.3 is 0 Å². The molecule has 0 saturated heterocycles. The molecule has 5 nitrogen and oxygen atoms in total. The van der Waals surface area contributed by atoms with Crippen LogP contribution in [-0.4, -0.2) is 37.8 Å². The highest BCUT2D eigenvalue weighted by molar-refractivity contribution is 7.89. The van der Waals surface area contributed by atoms with Crippen molar-refractivity contribution in [3.05, 3.63) is 28.8 Å². The second-order valence-corrected chi connectivity index (χ2v) is 7.32. The van der Waals surface area contributed by atoms with Gasteiger partial charge in [0.25, 0.3) is 5.91 Å². The van der Waals surface area contributed by atoms with Gasteiger partial charge < -0.3 is 5.32 Å². The smallest absolute Gasteiger partial charge is 0.253 e. The summed E-state index contributed by atoms with van der Waals surface area (Å²) in [6.07, 6.45) is 1.92. The molecule has 7 heteroatoms. The van der Waals surface area contributed by atoms with Crippen LogP contribution in [-0.2, 0) is 10.0 Å². The molecule has 0 heterocycles. The number of hydrogen-bond donors (Lipinski definition) is 1. The van der Waals surface area contributed by atoms with Crippen molar-refractivity contribution in [2.45, 2.75) is 37.6 Å². The van der Waals surface area contributed by atoms with Gasteiger partial charge in [-0.15, -0.1) is 0 Å². The van der Waals surface area contributed by atoms with E-state index in [0.29, 0.717) is 13.1 Å². The molecule has 0 aromatic heterocycles. The first kappa shape index (κ1) is 16.3. The van der Waals surface area contributed by atoms with Crippen molar-refractivity contribution in [1.29, 1.82) is 0 Å². The molecule has 1 fully saturated rings. The van der Waals surface area contributed by atoms with E-state index in [9.17, 15) is 13.2 Å². The fourth-order valence-corrected chi connectivity index (χ4v) is 3.73. The summed E-state index contributed by atoms with van der Waals surface area (Å²) in [7, 11) is -3.59. The van der Waals surface area contributed by atoms with Gasteiger partial charge in [-0.05, 0) is 31.0 Å². The first-order valence-electron chi connectivity index (χ1n) is 7.00. The van der Waals surface area contributed by atoms with Crippen LogP contribution in [0.1, 0.15) is 37.0 Å². The average Bonchev–Trinajstić information content (AvgIpc) is 3.23. The lowest BCUT2D eigenvalue weighted by Gasteiger charge is -2.19. The third-order valence-electron chi connectivity index (χ3n) is 3.44. The number of carbonyl (C=O) groups excluding carboxylic acids is 1. The van der Waals surface area contributed by atoms with Crippen LogP contribution in [0.25, 0.3) is 0 Å². The highest BCUT2D eigenvalue weighted by atomic mass is 35.5. The predicted molar refractivity (Wildman–Crippen MR) is 82.0 cm³/mol. The molecule has 0 spiro atoms. The molecule has 1 saturated carbocycles. The van der Waals surface area contributed by atoms with E-state index < -0.39 is 10.0 Å². The summed E-state index contributed by atoms with van der Waals surface area (Å²) in [6.45, 7) is 4.31. The Balaban J connectivity index is 2.35. The van der Waals surface area contributed by atoms with Crippen molar-refractivity contribution in [3.8, 4) is 0 Å². The maximum absolute atomic E-state index is 12.5. The van der Waals surface area contributed by atoms with E-state index in [-0.39, 0.29) is 27.4 Å². The van der Waals surface area contributed by atoms with Crippen LogP contribution < -0.4 is 5.32 Å². The van der Waals surface area contributed by atoms with Gasteiger partial charge in [-0.25, -0.2) is 8.42 Å². The SMILES string of the molecule is CCN(CC)S(=O)(=O)c1ccc(Cl)c(C(=O)NC2CC2)c1. The Morgan fingerprint density at radius 2 is 1.95 bits per heavy atom. The third-order valence-corrected chi connectivity index (χ3v) is 5.81. The van der Waals surface area contributed by atoms with Crippen LogP contribution in [0.3, 0.4) is 0 Å². The maximum atomic E-state index is 12.5. The molecule has 0 atom stereocenters. The Morgan fingerprint density at radius 1 is 1.33 bits per heavy atom. The fourth-order valence-electron chi connectivity index (χ4n) is 2.04. The van der Waals surface area contributed by atoms with Crippen LogP contribution in [0.5, 0.6) is 0 Å². The number of benzene rings is 1. The lowest BCUT2D eigenvalue weighted by molar-refractivity contribution is 0.0951. The van der Waals surface area contributed by atoms with E-state index >= 15 is 0 Å². The Hall–Kier alpha value is -1.11. The molecule has 0 aliphatic heterocycles. The van der Waals surface area contributed by atoms with E-state index in [1.165, 1.54) is 22.5 Å². The number of nitrogens with one attached hydrogen (secondary N) is 1. The van der Waals surface area contributed by atoms with Gasteiger partial charge in [-0.1, -0.05) is 25.4 Å². The monoisotopic (exact) mass is 330 g/mol. The zero-order chi connectivity index (χ0) is 15.6. The zero-order valence-corrected chi connectivity index (χ0v) is 13.7. The molecule has 2 rings (SSSR count). The molecule has 0 bridgehead atoms. The highest BCUT2D eigenvalue weighted by Gasteiger charge is 2.27. The van der Waals surface area contributed by atoms with Crippen LogP contribution in [0.15, 0.2) is 23.1 Å². The summed E-state index contributed by atoms with van der Waals surface area (Å²) in [4.78, 5) is 12.2. The quantitative estimate of drug-likeness (QED) is 0.870. The minimum absolute atomic E-state index is 0.0940. The first-order valence-corrected chi connectivity index (χ1v) is 8.82. The second-order valence-electron chi connectivity index (χ2n) is 4.98. The molecule has 1 aromatic carbocycles. The van der Waals surface area contributed by atoms with Crippen LogP contribution in [0.4, 0.5) is 0 Å². The number of carbonyl (C=O) groups is 1. The van der Waals surface area contributed by atoms with E-state index in [0.717, 1.165) is 12.8 Å². The number of hydrogen-bond acceptors (Lipinski definition) is 3. The minimum Gasteiger partial charge on any atom is -0.349 e. The summed E-state index contributed by atoms with van der Waals surface area (Å²) < 4.78 is 26.3. The van der Waals surface area contributed by atoms with E-state index in [1.54, 1.807) is 13.8 Å². The number of amides is 1. The number of sulfonamides is 1. The van der Waals surface area contributed by atoms with Crippen molar-refractivity contribution in [2.75, 3.05) is 13.1 Å². The van der Waals surface area contributed by atoms with Gasteiger partial charge in [-0.3, -0.25) is 4.79 Å². The second kappa shape index (κ2) is 6.34. The van der Waals surface area contributed by atoms with Gasteiger partial charge in [-0.2, -0.15) is 4.31 Å². The molecule has 0 unspecified atom stereocenters. The topological polar surface area (TPSA) is 66.5 Å². The summed E-state index contributed by atoms with van der Waals surface area (Å²) in [6, 6.07) is 4.44. The van der Waals surface area contributed by atoms with Crippen molar-refractivity contribution in [3.63, 3.8) is 0 Å². The average molecular weight is 331 g/mol. The molecule has 1 aromatic rings. The summed E-state index contributed by atoms with van der Waals surface area (Å²) in [5.41, 5.74) is 0.205. The van der Waals surface area contributed by atoms with Gasteiger partial charge in [0.2, 0.25) is 10.0 Å². The molecular formula is C14H19ClN2O3S. The van der Waals surface area contributed by atoms with Gasteiger partial charge in [0.05, 0.1) is 15.5 Å². The highest BCUT2D eigenvalue weighted by Crippen LogP contribution is 2.25. The third kappa shape index (κ3) is 3.56. The maximum Gasteiger partial charge on any atom is 0.253 e. The van der Waals surface area contributed by atoms with Crippen LogP contribution in [0, 0.1) is 0 Å². The minimum atomic E-state index is -3.59. The first-order chi connectivity index (χ1) is 9.90. The molecular weight excluding hydrogens is 312 g/mol. The van der Waals surface area contributed by atoms with Gasteiger partial charge in [0.15, 0.2) is 0 Å². The molecule has 1 N–H and O–H groups in total. The van der Waals surface area contributed by atoms with Gasteiger partial charge in [0, 0.05) is 19.1 Å². The van der Waals surface area contributed by atoms with E-state index in [2.05, 4.69) is 5.32 Å². The van der Waals surface area contributed by atoms with Crippen LogP contribution >= 0.6 is 11.6 Å². The molecule has 0 radical (unpaired) electrons. The number of nitrogens with zero attached hydrogens (tertiary/aromatic N) is 1. The molecule has 1 amide bonds. The lowest BCUT2D eigenvalue weighted by atomic mass is 10.2. The van der Waals surface area contributed by atoms with Crippen molar-refractivity contribution in [2.24, 2.45) is 0 Å². The molecule has 1 aliphatic rings. The van der Waals surface area contributed by atoms with E-state index in [1.807, 2.05) is 0 Å². The van der Waals surface area contributed by atoms with Gasteiger partial charge in [0.1, 0.15) is 0 Å². The number of rotatable bonds is 6. The normalized spacial score (nSPS) is 15.2.